The Morgan fingerprint density at radius 3 is 1.77 bits per heavy atom. The fourth-order valence-electron chi connectivity index (χ4n) is 10.6. The second kappa shape index (κ2) is 16.5. The lowest BCUT2D eigenvalue weighted by Crippen LogP contribution is -2.19. The van der Waals surface area contributed by atoms with E-state index < -0.39 is 7.40 Å². The number of rotatable bonds is 5. The summed E-state index contributed by atoms with van der Waals surface area (Å²) < 4.78 is 35.5. The molecule has 0 atom stereocenters. The SMILES string of the molecule is CC(C)(C)c1ccc(C2=C3CCCCc4ccccc4C3=N/C2=C(/c2cccc3ccccc23)c2c(-c3ccc(C(C)(C)C)cc3)c3c(n2B(F)F)-c2ccccc2CCCC3)cc1. The Kier molecular flexibility index (Phi) is 10.8. The molecule has 2 heterocycles. The lowest BCUT2D eigenvalue weighted by molar-refractivity contribution is 0.590. The van der Waals surface area contributed by atoms with Crippen LogP contribution in [-0.4, -0.2) is 17.6 Å². The highest BCUT2D eigenvalue weighted by molar-refractivity contribution is 6.43. The van der Waals surface area contributed by atoms with E-state index in [0.717, 1.165) is 123 Å². The highest BCUT2D eigenvalue weighted by atomic mass is 19.2. The molecule has 5 heteroatoms. The van der Waals surface area contributed by atoms with Crippen molar-refractivity contribution in [1.29, 1.82) is 0 Å². The topological polar surface area (TPSA) is 17.3 Å². The van der Waals surface area contributed by atoms with Gasteiger partial charge in [0.15, 0.2) is 0 Å². The van der Waals surface area contributed by atoms with Crippen LogP contribution in [0.3, 0.4) is 0 Å². The van der Waals surface area contributed by atoms with Gasteiger partial charge in [0.1, 0.15) is 0 Å². The predicted molar refractivity (Wildman–Crippen MR) is 267 cm³/mol. The van der Waals surface area contributed by atoms with Crippen LogP contribution in [0.5, 0.6) is 0 Å². The van der Waals surface area contributed by atoms with Crippen molar-refractivity contribution in [3.05, 3.63) is 201 Å². The minimum absolute atomic E-state index is 0.0397. The molecule has 2 nitrogen and oxygen atoms in total. The van der Waals surface area contributed by atoms with Crippen LogP contribution in [0.2, 0.25) is 0 Å². The molecule has 0 unspecified atom stereocenters. The molecular weight excluding hydrogens is 785 g/mol. The third kappa shape index (κ3) is 7.41. The van der Waals surface area contributed by atoms with Crippen molar-refractivity contribution in [2.45, 2.75) is 104 Å². The number of aromatic nitrogens is 1. The van der Waals surface area contributed by atoms with Crippen molar-refractivity contribution in [2.24, 2.45) is 4.99 Å². The summed E-state index contributed by atoms with van der Waals surface area (Å²) in [5.74, 6) is 0. The summed E-state index contributed by atoms with van der Waals surface area (Å²) in [4.78, 5) is 5.88. The molecule has 320 valence electrons. The summed E-state index contributed by atoms with van der Waals surface area (Å²) in [5, 5.41) is 2.06. The van der Waals surface area contributed by atoms with Crippen LogP contribution in [-0.2, 0) is 30.1 Å². The second-order valence-corrected chi connectivity index (χ2v) is 20.1. The van der Waals surface area contributed by atoms with Crippen molar-refractivity contribution in [3.63, 3.8) is 0 Å². The van der Waals surface area contributed by atoms with Gasteiger partial charge in [0.05, 0.1) is 17.1 Å². The Hall–Kier alpha value is -6.07. The first-order valence-electron chi connectivity index (χ1n) is 23.4. The van der Waals surface area contributed by atoms with Gasteiger partial charge in [0, 0.05) is 33.5 Å². The summed E-state index contributed by atoms with van der Waals surface area (Å²) in [7, 11) is -2.84. The number of hydrogen-bond acceptors (Lipinski definition) is 1. The standard InChI is InChI=1S/C59H57BF2N2/c1-58(2,3)43-34-30-41(31-35-43)51-49-27-15-10-20-39-19-8-13-25-46(39)54(49)63-55(51)53(48-29-17-23-38-18-7-12-24-45(38)48)57-52(42-32-36-44(37-33-42)59(4,5)6)50-28-16-11-22-40-21-9-14-26-47(40)56(50)64(57)60(61)62/h7-9,12-14,17-19,21,23-26,29-37H,10-11,15-16,20,22,27-28H2,1-6H3/b55-53-. The van der Waals surface area contributed by atoms with Gasteiger partial charge in [-0.3, -0.25) is 8.63 Å². The maximum atomic E-state index is 17.0. The highest BCUT2D eigenvalue weighted by Crippen LogP contribution is 2.52. The first kappa shape index (κ1) is 41.9. The van der Waals surface area contributed by atoms with Gasteiger partial charge in [0.2, 0.25) is 0 Å². The lowest BCUT2D eigenvalue weighted by atomic mass is 9.81. The van der Waals surface area contributed by atoms with E-state index >= 15 is 8.63 Å². The molecule has 0 N–H and O–H groups in total. The fourth-order valence-corrected chi connectivity index (χ4v) is 10.6. The molecule has 0 radical (unpaired) electrons. The van der Waals surface area contributed by atoms with E-state index in [1.807, 2.05) is 6.07 Å². The van der Waals surface area contributed by atoms with Crippen molar-refractivity contribution < 1.29 is 8.63 Å². The van der Waals surface area contributed by atoms with Gasteiger partial charge >= 0.3 is 7.40 Å². The molecule has 0 amide bonds. The molecule has 0 bridgehead atoms. The molecule has 0 saturated heterocycles. The largest absolute Gasteiger partial charge is 0.678 e. The van der Waals surface area contributed by atoms with Gasteiger partial charge < -0.3 is 4.48 Å². The predicted octanol–water partition coefficient (Wildman–Crippen LogP) is 15.7. The van der Waals surface area contributed by atoms with E-state index in [0.29, 0.717) is 17.8 Å². The van der Waals surface area contributed by atoms with Crippen molar-refractivity contribution >= 4 is 35.0 Å². The van der Waals surface area contributed by atoms with Gasteiger partial charge in [-0.15, -0.1) is 0 Å². The number of fused-ring (bicyclic) bond motifs is 7. The zero-order chi connectivity index (χ0) is 44.3. The van der Waals surface area contributed by atoms with E-state index in [-0.39, 0.29) is 10.8 Å². The van der Waals surface area contributed by atoms with Gasteiger partial charge in [-0.2, -0.15) is 0 Å². The quantitative estimate of drug-likeness (QED) is 0.154. The van der Waals surface area contributed by atoms with Crippen LogP contribution in [0.15, 0.2) is 156 Å². The Labute approximate surface area is 378 Å². The molecule has 0 spiro atoms. The summed E-state index contributed by atoms with van der Waals surface area (Å²) in [6.45, 7) is 13.4. The molecule has 1 aromatic heterocycles. The summed E-state index contributed by atoms with van der Waals surface area (Å²) in [6, 6.07) is 49.5. The Morgan fingerprint density at radius 2 is 1.11 bits per heavy atom. The minimum atomic E-state index is -2.84. The Bertz CT molecular complexity index is 3010. The molecule has 1 aliphatic heterocycles. The molecule has 64 heavy (non-hydrogen) atoms. The van der Waals surface area contributed by atoms with Crippen LogP contribution in [0.1, 0.15) is 124 Å². The first-order valence-corrected chi connectivity index (χ1v) is 23.4. The molecule has 7 aromatic rings. The molecule has 0 fully saturated rings. The molecule has 10 rings (SSSR count). The van der Waals surface area contributed by atoms with Crippen LogP contribution in [0.25, 0.3) is 44.3 Å². The number of allylic oxidation sites excluding steroid dienone is 2. The van der Waals surface area contributed by atoms with Crippen LogP contribution in [0.4, 0.5) is 8.63 Å². The lowest BCUT2D eigenvalue weighted by Gasteiger charge is -2.22. The third-order valence-electron chi connectivity index (χ3n) is 14.0. The van der Waals surface area contributed by atoms with E-state index in [1.54, 1.807) is 0 Å². The Balaban J connectivity index is 1.42. The van der Waals surface area contributed by atoms with Crippen molar-refractivity contribution in [3.8, 4) is 22.4 Å². The second-order valence-electron chi connectivity index (χ2n) is 20.1. The fraction of sp³-hybridized carbons (Fsp3) is 0.271. The summed E-state index contributed by atoms with van der Waals surface area (Å²) in [6.07, 6.45) is 7.31. The number of aliphatic imine (C=N–C) groups is 1. The third-order valence-corrected chi connectivity index (χ3v) is 14.0. The smallest absolute Gasteiger partial charge is 0.324 e. The van der Waals surface area contributed by atoms with Crippen molar-refractivity contribution in [1.82, 2.24) is 4.48 Å². The first-order chi connectivity index (χ1) is 30.9. The number of halogens is 2. The average molecular weight is 843 g/mol. The molecule has 2 aliphatic carbocycles. The number of benzene rings is 6. The van der Waals surface area contributed by atoms with E-state index in [1.165, 1.54) is 26.7 Å². The molecule has 3 aliphatic rings. The Morgan fingerprint density at radius 1 is 0.562 bits per heavy atom. The van der Waals surface area contributed by atoms with Crippen LogP contribution < -0.4 is 0 Å². The van der Waals surface area contributed by atoms with Gasteiger partial charge in [-0.1, -0.05) is 181 Å². The molecular formula is C59H57BF2N2. The molecule has 0 saturated carbocycles. The van der Waals surface area contributed by atoms with Crippen LogP contribution >= 0.6 is 0 Å². The monoisotopic (exact) mass is 842 g/mol. The van der Waals surface area contributed by atoms with Crippen molar-refractivity contribution in [2.75, 3.05) is 0 Å². The zero-order valence-corrected chi connectivity index (χ0v) is 38.2. The van der Waals surface area contributed by atoms with E-state index in [4.69, 9.17) is 4.99 Å². The van der Waals surface area contributed by atoms with E-state index in [2.05, 4.69) is 175 Å². The number of nitrogens with zero attached hydrogens (tertiary/aromatic N) is 2. The normalized spacial score (nSPS) is 16.2. The van der Waals surface area contributed by atoms with Gasteiger partial charge in [0.25, 0.3) is 0 Å². The number of hydrogen-bond donors (Lipinski definition) is 0. The maximum absolute atomic E-state index is 17.0. The van der Waals surface area contributed by atoms with Gasteiger partial charge in [-0.25, -0.2) is 4.99 Å². The van der Waals surface area contributed by atoms with Crippen LogP contribution in [0, 0.1) is 0 Å². The van der Waals surface area contributed by atoms with E-state index in [9.17, 15) is 0 Å². The molecule has 6 aromatic carbocycles. The van der Waals surface area contributed by atoms with Gasteiger partial charge in [-0.05, 0) is 123 Å². The highest BCUT2D eigenvalue weighted by Gasteiger charge is 2.39. The summed E-state index contributed by atoms with van der Waals surface area (Å²) >= 11 is 0. The minimum Gasteiger partial charge on any atom is -0.324 e. The maximum Gasteiger partial charge on any atom is 0.678 e. The summed E-state index contributed by atoms with van der Waals surface area (Å²) in [5.41, 5.74) is 17.4. The number of aryl methyl sites for hydroxylation is 2. The zero-order valence-electron chi connectivity index (χ0n) is 38.2. The average Bonchev–Trinajstić information content (AvgIpc) is 3.80.